The lowest BCUT2D eigenvalue weighted by molar-refractivity contribution is -0.117. The first-order chi connectivity index (χ1) is 7.58. The van der Waals surface area contributed by atoms with Crippen LogP contribution in [0.1, 0.15) is 13.8 Å². The maximum Gasteiger partial charge on any atom is 0.246 e. The van der Waals surface area contributed by atoms with Crippen LogP contribution < -0.4 is 10.2 Å². The minimum atomic E-state index is 0.0758. The van der Waals surface area contributed by atoms with E-state index in [0.29, 0.717) is 19.0 Å². The Morgan fingerprint density at radius 2 is 2.25 bits per heavy atom. The molecule has 0 unspecified atom stereocenters. The van der Waals surface area contributed by atoms with Crippen LogP contribution in [0.2, 0.25) is 0 Å². The van der Waals surface area contributed by atoms with Gasteiger partial charge in [-0.2, -0.15) is 0 Å². The van der Waals surface area contributed by atoms with E-state index in [0.717, 1.165) is 11.4 Å². The average Bonchev–Trinajstić information content (AvgIpc) is 2.22. The molecule has 0 radical (unpaired) electrons. The second-order valence-corrected chi connectivity index (χ2v) is 4.45. The van der Waals surface area contributed by atoms with Crippen molar-refractivity contribution in [3.63, 3.8) is 0 Å². The molecular formula is C12H16N2O2. The van der Waals surface area contributed by atoms with Crippen molar-refractivity contribution < 1.29 is 9.90 Å². The van der Waals surface area contributed by atoms with Gasteiger partial charge in [0.1, 0.15) is 5.75 Å². The number of aromatic hydroxyl groups is 1. The fourth-order valence-corrected chi connectivity index (χ4v) is 1.87. The highest BCUT2D eigenvalue weighted by Gasteiger charge is 2.24. The highest BCUT2D eigenvalue weighted by Crippen LogP contribution is 2.32. The molecule has 1 aromatic rings. The van der Waals surface area contributed by atoms with Gasteiger partial charge in [0.25, 0.3) is 0 Å². The predicted octanol–water partition coefficient (Wildman–Crippen LogP) is 1.81. The van der Waals surface area contributed by atoms with E-state index < -0.39 is 0 Å². The molecule has 0 spiro atoms. The number of phenols is 1. The van der Waals surface area contributed by atoms with Gasteiger partial charge in [0.2, 0.25) is 5.91 Å². The first-order valence-electron chi connectivity index (χ1n) is 5.45. The molecule has 1 amide bonds. The Labute approximate surface area is 94.9 Å². The van der Waals surface area contributed by atoms with Gasteiger partial charge in [-0.1, -0.05) is 13.8 Å². The van der Waals surface area contributed by atoms with Gasteiger partial charge in [0, 0.05) is 12.6 Å². The summed E-state index contributed by atoms with van der Waals surface area (Å²) in [7, 11) is 0. The Morgan fingerprint density at radius 1 is 1.50 bits per heavy atom. The Hall–Kier alpha value is -1.71. The first kappa shape index (κ1) is 10.8. The Kier molecular flexibility index (Phi) is 2.73. The second-order valence-electron chi connectivity index (χ2n) is 4.45. The molecule has 1 aliphatic heterocycles. The molecule has 4 heteroatoms. The molecule has 0 aromatic heterocycles. The summed E-state index contributed by atoms with van der Waals surface area (Å²) in [6.07, 6.45) is 0. The van der Waals surface area contributed by atoms with Crippen molar-refractivity contribution in [2.45, 2.75) is 13.8 Å². The summed E-state index contributed by atoms with van der Waals surface area (Å²) >= 11 is 0. The van der Waals surface area contributed by atoms with Crippen LogP contribution in [0.25, 0.3) is 0 Å². The number of nitrogens with one attached hydrogen (secondary N) is 1. The second kappa shape index (κ2) is 4.04. The minimum absolute atomic E-state index is 0.0758. The number of phenolic OH excluding ortho intramolecular Hbond substituents is 1. The lowest BCUT2D eigenvalue weighted by Crippen LogP contribution is -2.41. The fraction of sp³-hybridized carbons (Fsp3) is 0.417. The van der Waals surface area contributed by atoms with E-state index in [2.05, 4.69) is 19.2 Å². The Balaban J connectivity index is 2.36. The highest BCUT2D eigenvalue weighted by molar-refractivity contribution is 6.02. The smallest absolute Gasteiger partial charge is 0.246 e. The molecule has 86 valence electrons. The topological polar surface area (TPSA) is 52.6 Å². The zero-order chi connectivity index (χ0) is 11.7. The standard InChI is InChI=1S/C12H16N2O2/c1-8(2)7-14-11-4-3-9(15)5-10(11)13-6-12(14)16/h3-5,8,13,15H,6-7H2,1-2H3. The van der Waals surface area contributed by atoms with E-state index in [1.54, 1.807) is 23.1 Å². The molecule has 0 bridgehead atoms. The van der Waals surface area contributed by atoms with E-state index in [1.807, 2.05) is 0 Å². The quantitative estimate of drug-likeness (QED) is 0.799. The van der Waals surface area contributed by atoms with Crippen LogP contribution in [0.4, 0.5) is 11.4 Å². The summed E-state index contributed by atoms with van der Waals surface area (Å²) in [5.41, 5.74) is 1.67. The number of rotatable bonds is 2. The van der Waals surface area contributed by atoms with Gasteiger partial charge in [-0.05, 0) is 18.1 Å². The minimum Gasteiger partial charge on any atom is -0.508 e. The molecule has 0 aliphatic carbocycles. The zero-order valence-electron chi connectivity index (χ0n) is 9.53. The molecule has 0 fully saturated rings. The molecule has 2 N–H and O–H groups in total. The summed E-state index contributed by atoms with van der Waals surface area (Å²) in [4.78, 5) is 13.6. The number of hydrogen-bond acceptors (Lipinski definition) is 3. The van der Waals surface area contributed by atoms with Crippen LogP contribution in [-0.4, -0.2) is 24.1 Å². The van der Waals surface area contributed by atoms with Crippen molar-refractivity contribution in [3.8, 4) is 5.75 Å². The van der Waals surface area contributed by atoms with Crippen molar-refractivity contribution in [1.82, 2.24) is 0 Å². The van der Waals surface area contributed by atoms with Gasteiger partial charge in [0.05, 0.1) is 17.9 Å². The number of carbonyl (C=O) groups is 1. The molecule has 0 atom stereocenters. The normalized spacial score (nSPS) is 14.9. The molecule has 4 nitrogen and oxygen atoms in total. The summed E-state index contributed by atoms with van der Waals surface area (Å²) in [6.45, 7) is 5.16. The summed E-state index contributed by atoms with van der Waals surface area (Å²) in [5.74, 6) is 0.709. The van der Waals surface area contributed by atoms with Crippen molar-refractivity contribution in [2.75, 3.05) is 23.3 Å². The Bertz CT molecular complexity index is 415. The number of nitrogens with zero attached hydrogens (tertiary/aromatic N) is 1. The maximum absolute atomic E-state index is 11.8. The molecule has 0 saturated heterocycles. The zero-order valence-corrected chi connectivity index (χ0v) is 9.53. The van der Waals surface area contributed by atoms with Crippen molar-refractivity contribution in [3.05, 3.63) is 18.2 Å². The summed E-state index contributed by atoms with van der Waals surface area (Å²) in [6, 6.07) is 5.03. The third-order valence-corrected chi connectivity index (χ3v) is 2.55. The molecule has 2 rings (SSSR count). The van der Waals surface area contributed by atoms with Gasteiger partial charge in [-0.15, -0.1) is 0 Å². The largest absolute Gasteiger partial charge is 0.508 e. The van der Waals surface area contributed by atoms with Gasteiger partial charge < -0.3 is 15.3 Å². The van der Waals surface area contributed by atoms with Crippen molar-refractivity contribution >= 4 is 17.3 Å². The van der Waals surface area contributed by atoms with E-state index >= 15 is 0 Å². The van der Waals surface area contributed by atoms with Gasteiger partial charge in [-0.25, -0.2) is 0 Å². The Morgan fingerprint density at radius 3 is 2.94 bits per heavy atom. The third kappa shape index (κ3) is 1.96. The van der Waals surface area contributed by atoms with E-state index in [9.17, 15) is 9.90 Å². The molecule has 16 heavy (non-hydrogen) atoms. The predicted molar refractivity (Wildman–Crippen MR) is 63.8 cm³/mol. The van der Waals surface area contributed by atoms with E-state index in [1.165, 1.54) is 0 Å². The third-order valence-electron chi connectivity index (χ3n) is 2.55. The van der Waals surface area contributed by atoms with E-state index in [-0.39, 0.29) is 11.7 Å². The number of hydrogen-bond donors (Lipinski definition) is 2. The SMILES string of the molecule is CC(C)CN1C(=O)CNc2cc(O)ccc21. The number of amides is 1. The van der Waals surface area contributed by atoms with Gasteiger partial charge >= 0.3 is 0 Å². The monoisotopic (exact) mass is 220 g/mol. The van der Waals surface area contributed by atoms with Crippen LogP contribution in [0.5, 0.6) is 5.75 Å². The molecule has 1 heterocycles. The van der Waals surface area contributed by atoms with Crippen LogP contribution in [-0.2, 0) is 4.79 Å². The summed E-state index contributed by atoms with van der Waals surface area (Å²) < 4.78 is 0. The lowest BCUT2D eigenvalue weighted by atomic mass is 10.1. The van der Waals surface area contributed by atoms with Crippen LogP contribution >= 0.6 is 0 Å². The molecule has 0 saturated carbocycles. The number of carbonyl (C=O) groups excluding carboxylic acids is 1. The van der Waals surface area contributed by atoms with Crippen molar-refractivity contribution in [1.29, 1.82) is 0 Å². The van der Waals surface area contributed by atoms with Crippen molar-refractivity contribution in [2.24, 2.45) is 5.92 Å². The molecule has 1 aliphatic rings. The molecular weight excluding hydrogens is 204 g/mol. The number of anilines is 2. The lowest BCUT2D eigenvalue weighted by Gasteiger charge is -2.31. The molecule has 1 aromatic carbocycles. The van der Waals surface area contributed by atoms with Crippen LogP contribution in [0.15, 0.2) is 18.2 Å². The van der Waals surface area contributed by atoms with Crippen LogP contribution in [0.3, 0.4) is 0 Å². The maximum atomic E-state index is 11.8. The van der Waals surface area contributed by atoms with Crippen LogP contribution in [0, 0.1) is 5.92 Å². The van der Waals surface area contributed by atoms with Gasteiger partial charge in [-0.3, -0.25) is 4.79 Å². The number of fused-ring (bicyclic) bond motifs is 1. The van der Waals surface area contributed by atoms with E-state index in [4.69, 9.17) is 0 Å². The first-order valence-corrected chi connectivity index (χ1v) is 5.45. The fourth-order valence-electron chi connectivity index (χ4n) is 1.87. The summed E-state index contributed by atoms with van der Waals surface area (Å²) in [5, 5.41) is 12.4. The highest BCUT2D eigenvalue weighted by atomic mass is 16.3. The van der Waals surface area contributed by atoms with Gasteiger partial charge in [0.15, 0.2) is 0 Å². The number of benzene rings is 1. The average molecular weight is 220 g/mol.